The van der Waals surface area contributed by atoms with E-state index in [2.05, 4.69) is 54.9 Å². The first-order valence-corrected chi connectivity index (χ1v) is 9.66. The van der Waals surface area contributed by atoms with Crippen molar-refractivity contribution in [3.63, 3.8) is 0 Å². The molecular weight excluding hydrogens is 346 g/mol. The first kappa shape index (κ1) is 21.9. The maximum Gasteiger partial charge on any atom is 0.0994 e. The van der Waals surface area contributed by atoms with Crippen molar-refractivity contribution in [2.75, 3.05) is 0 Å². The summed E-state index contributed by atoms with van der Waals surface area (Å²) in [6, 6.07) is 6.21. The number of aryl methyl sites for hydroxylation is 2. The lowest BCUT2D eigenvalue weighted by atomic mass is 10.00. The van der Waals surface area contributed by atoms with E-state index < -0.39 is 0 Å². The summed E-state index contributed by atoms with van der Waals surface area (Å²) < 4.78 is 1.07. The van der Waals surface area contributed by atoms with Crippen molar-refractivity contribution in [3.05, 3.63) is 40.5 Å². The van der Waals surface area contributed by atoms with Crippen LogP contribution in [0.1, 0.15) is 82.1 Å². The van der Waals surface area contributed by atoms with Gasteiger partial charge in [0.15, 0.2) is 0 Å². The van der Waals surface area contributed by atoms with Crippen LogP contribution in [0.4, 0.5) is 0 Å². The molecule has 0 unspecified atom stereocenters. The number of halogens is 1. The van der Waals surface area contributed by atoms with Crippen LogP contribution in [-0.2, 0) is 0 Å². The third kappa shape index (κ3) is 7.84. The lowest BCUT2D eigenvalue weighted by molar-refractivity contribution is 0.612. The van der Waals surface area contributed by atoms with Gasteiger partial charge in [0.1, 0.15) is 0 Å². The van der Waals surface area contributed by atoms with Gasteiger partial charge in [-0.25, -0.2) is 0 Å². The first-order valence-electron chi connectivity index (χ1n) is 8.87. The zero-order valence-electron chi connectivity index (χ0n) is 15.7. The molecule has 1 aromatic carbocycles. The normalized spacial score (nSPS) is 14.3. The Balaban J connectivity index is 0.000000501. The summed E-state index contributed by atoms with van der Waals surface area (Å²) in [5.41, 5.74) is 4.09. The minimum atomic E-state index is 0.747. The molecule has 0 radical (unpaired) electrons. The van der Waals surface area contributed by atoms with Crippen molar-refractivity contribution in [3.8, 4) is 6.07 Å². The van der Waals surface area contributed by atoms with Crippen LogP contribution in [0, 0.1) is 31.1 Å². The summed E-state index contributed by atoms with van der Waals surface area (Å²) in [4.78, 5) is 0. The van der Waals surface area contributed by atoms with Gasteiger partial charge in [0.2, 0.25) is 0 Å². The summed E-state index contributed by atoms with van der Waals surface area (Å²) in [5.74, 6) is 1.05. The molecular formula is C21H32BrN. The van der Waals surface area contributed by atoms with Crippen LogP contribution in [0.3, 0.4) is 0 Å². The largest absolute Gasteiger partial charge is 0.192 e. The Hall–Kier alpha value is -1.07. The molecule has 0 aliphatic heterocycles. The highest BCUT2D eigenvalue weighted by molar-refractivity contribution is 9.15. The predicted molar refractivity (Wildman–Crippen MR) is 107 cm³/mol. The van der Waals surface area contributed by atoms with E-state index in [0.29, 0.717) is 0 Å². The minimum absolute atomic E-state index is 0.747. The molecule has 0 aromatic heterocycles. The monoisotopic (exact) mass is 377 g/mol. The SMILES string of the molecule is CC.CC/C=C(/Br)c1cc(C#N)c(C)cc1C.CC1CCCC1. The van der Waals surface area contributed by atoms with Crippen LogP contribution in [0.15, 0.2) is 18.2 Å². The number of hydrogen-bond donors (Lipinski definition) is 0. The molecule has 0 atom stereocenters. The molecule has 0 heterocycles. The smallest absolute Gasteiger partial charge is 0.0994 e. The van der Waals surface area contributed by atoms with Crippen LogP contribution >= 0.6 is 15.9 Å². The van der Waals surface area contributed by atoms with E-state index in [1.54, 1.807) is 0 Å². The third-order valence-electron chi connectivity index (χ3n) is 3.98. The predicted octanol–water partition coefficient (Wildman–Crippen LogP) is 7.54. The Morgan fingerprint density at radius 3 is 2.17 bits per heavy atom. The fraction of sp³-hybridized carbons (Fsp3) is 0.571. The molecule has 1 saturated carbocycles. The van der Waals surface area contributed by atoms with Crippen LogP contribution < -0.4 is 0 Å². The Kier molecular flexibility index (Phi) is 11.8. The lowest BCUT2D eigenvalue weighted by Gasteiger charge is -2.07. The van der Waals surface area contributed by atoms with Gasteiger partial charge in [-0.2, -0.15) is 5.26 Å². The van der Waals surface area contributed by atoms with Gasteiger partial charge in [-0.15, -0.1) is 0 Å². The Morgan fingerprint density at radius 1 is 1.22 bits per heavy atom. The molecule has 1 aliphatic carbocycles. The van der Waals surface area contributed by atoms with Crippen molar-refractivity contribution < 1.29 is 0 Å². The quantitative estimate of drug-likeness (QED) is 0.521. The molecule has 2 rings (SSSR count). The summed E-state index contributed by atoms with van der Waals surface area (Å²) >= 11 is 3.54. The van der Waals surface area contributed by atoms with Gasteiger partial charge in [-0.1, -0.05) is 81.5 Å². The van der Waals surface area contributed by atoms with E-state index in [-0.39, 0.29) is 0 Å². The van der Waals surface area contributed by atoms with E-state index in [4.69, 9.17) is 5.26 Å². The van der Waals surface area contributed by atoms with E-state index in [0.717, 1.165) is 33.5 Å². The molecule has 0 spiro atoms. The molecule has 1 aliphatic rings. The average molecular weight is 378 g/mol. The van der Waals surface area contributed by atoms with Crippen molar-refractivity contribution in [2.45, 2.75) is 73.6 Å². The Bertz CT molecular complexity index is 532. The lowest BCUT2D eigenvalue weighted by Crippen LogP contribution is -1.90. The van der Waals surface area contributed by atoms with Gasteiger partial charge in [0.25, 0.3) is 0 Å². The van der Waals surface area contributed by atoms with Gasteiger partial charge in [0, 0.05) is 4.48 Å². The van der Waals surface area contributed by atoms with E-state index in [9.17, 15) is 0 Å². The van der Waals surface area contributed by atoms with Crippen molar-refractivity contribution in [1.29, 1.82) is 5.26 Å². The van der Waals surface area contributed by atoms with Gasteiger partial charge >= 0.3 is 0 Å². The average Bonchev–Trinajstić information content (AvgIpc) is 3.01. The van der Waals surface area contributed by atoms with Crippen molar-refractivity contribution in [2.24, 2.45) is 5.92 Å². The number of benzene rings is 1. The minimum Gasteiger partial charge on any atom is -0.192 e. The molecule has 0 N–H and O–H groups in total. The molecule has 0 bridgehead atoms. The second-order valence-electron chi connectivity index (χ2n) is 5.94. The second-order valence-corrected chi connectivity index (χ2v) is 6.80. The topological polar surface area (TPSA) is 23.8 Å². The fourth-order valence-corrected chi connectivity index (χ4v) is 3.40. The standard InChI is InChI=1S/C13H14BrN.C6H12.C2H6/c1-4-5-13(14)12-7-11(8-15)9(2)6-10(12)3;1-6-4-2-3-5-6;1-2/h5-7H,4H2,1-3H3;6H,2-5H2,1H3;1-2H3/b13-5+;;. The maximum absolute atomic E-state index is 8.96. The first-order chi connectivity index (χ1) is 11.0. The van der Waals surface area contributed by atoms with Crippen LogP contribution in [0.5, 0.6) is 0 Å². The summed E-state index contributed by atoms with van der Waals surface area (Å²) in [7, 11) is 0. The molecule has 128 valence electrons. The summed E-state index contributed by atoms with van der Waals surface area (Å²) in [6.07, 6.45) is 9.04. The number of hydrogen-bond acceptors (Lipinski definition) is 1. The second kappa shape index (κ2) is 12.4. The molecule has 2 heteroatoms. The highest BCUT2D eigenvalue weighted by atomic mass is 79.9. The molecule has 23 heavy (non-hydrogen) atoms. The van der Waals surface area contributed by atoms with E-state index in [1.807, 2.05) is 26.8 Å². The van der Waals surface area contributed by atoms with E-state index >= 15 is 0 Å². The van der Waals surface area contributed by atoms with Crippen molar-refractivity contribution >= 4 is 20.4 Å². The summed E-state index contributed by atoms with van der Waals surface area (Å²) in [6.45, 7) is 12.5. The van der Waals surface area contributed by atoms with Crippen LogP contribution in [0.2, 0.25) is 0 Å². The van der Waals surface area contributed by atoms with Gasteiger partial charge in [0.05, 0.1) is 11.6 Å². The Labute approximate surface area is 151 Å². The molecule has 1 aromatic rings. The van der Waals surface area contributed by atoms with E-state index in [1.165, 1.54) is 31.2 Å². The fourth-order valence-electron chi connectivity index (χ4n) is 2.65. The Morgan fingerprint density at radius 2 is 1.78 bits per heavy atom. The molecule has 0 saturated heterocycles. The zero-order chi connectivity index (χ0) is 17.8. The van der Waals surface area contributed by atoms with Crippen molar-refractivity contribution in [1.82, 2.24) is 0 Å². The highest BCUT2D eigenvalue weighted by Crippen LogP contribution is 2.27. The third-order valence-corrected chi connectivity index (χ3v) is 4.73. The zero-order valence-corrected chi connectivity index (χ0v) is 17.3. The summed E-state index contributed by atoms with van der Waals surface area (Å²) in [5, 5.41) is 8.96. The number of nitrogens with zero attached hydrogens (tertiary/aromatic N) is 1. The molecule has 1 fully saturated rings. The molecule has 0 amide bonds. The number of nitriles is 1. The maximum atomic E-state index is 8.96. The van der Waals surface area contributed by atoms with Gasteiger partial charge in [-0.3, -0.25) is 0 Å². The van der Waals surface area contributed by atoms with Crippen LogP contribution in [-0.4, -0.2) is 0 Å². The van der Waals surface area contributed by atoms with Gasteiger partial charge in [-0.05, 0) is 48.9 Å². The van der Waals surface area contributed by atoms with Crippen LogP contribution in [0.25, 0.3) is 4.48 Å². The number of allylic oxidation sites excluding steroid dienone is 1. The number of rotatable bonds is 2. The molecule has 1 nitrogen and oxygen atoms in total. The van der Waals surface area contributed by atoms with Gasteiger partial charge < -0.3 is 0 Å². The highest BCUT2D eigenvalue weighted by Gasteiger charge is 2.07.